The number of aromatic nitrogens is 1. The molecule has 2 rings (SSSR count). The number of rotatable bonds is 3. The van der Waals surface area contributed by atoms with Gasteiger partial charge in [0.15, 0.2) is 0 Å². The maximum Gasteiger partial charge on any atom is 0.138 e. The molecular formula is C12H21N3O. The lowest BCUT2D eigenvalue weighted by molar-refractivity contribution is 0.179. The molecule has 2 heterocycles. The van der Waals surface area contributed by atoms with E-state index in [1.165, 1.54) is 18.4 Å². The number of hydrogen-bond donors (Lipinski definition) is 1. The normalized spacial score (nSPS) is 19.2. The van der Waals surface area contributed by atoms with Crippen LogP contribution < -0.4 is 5.73 Å². The summed E-state index contributed by atoms with van der Waals surface area (Å²) in [7, 11) is 0. The smallest absolute Gasteiger partial charge is 0.138 e. The van der Waals surface area contributed by atoms with E-state index < -0.39 is 0 Å². The highest BCUT2D eigenvalue weighted by atomic mass is 16.5. The average molecular weight is 223 g/mol. The van der Waals surface area contributed by atoms with E-state index in [0.717, 1.165) is 43.6 Å². The average Bonchev–Trinajstić information content (AvgIpc) is 2.62. The summed E-state index contributed by atoms with van der Waals surface area (Å²) in [5.41, 5.74) is 7.97. The Bertz CT molecular complexity index is 321. The topological polar surface area (TPSA) is 55.3 Å². The van der Waals surface area contributed by atoms with Crippen LogP contribution in [0.25, 0.3) is 0 Å². The number of nitrogens with zero attached hydrogens (tertiary/aromatic N) is 2. The molecule has 90 valence electrons. The molecule has 4 heteroatoms. The molecule has 1 aliphatic heterocycles. The molecule has 4 nitrogen and oxygen atoms in total. The van der Waals surface area contributed by atoms with Crippen molar-refractivity contribution in [1.82, 2.24) is 10.1 Å². The fourth-order valence-electron chi connectivity index (χ4n) is 2.33. The molecule has 1 saturated heterocycles. The lowest BCUT2D eigenvalue weighted by Gasteiger charge is -2.31. The minimum Gasteiger partial charge on any atom is -0.361 e. The van der Waals surface area contributed by atoms with Crippen molar-refractivity contribution in [3.05, 3.63) is 17.0 Å². The molecular weight excluding hydrogens is 202 g/mol. The van der Waals surface area contributed by atoms with Gasteiger partial charge < -0.3 is 10.3 Å². The van der Waals surface area contributed by atoms with Gasteiger partial charge in [-0.1, -0.05) is 5.16 Å². The number of nitrogens with two attached hydrogens (primary N) is 1. The third-order valence-electron chi connectivity index (χ3n) is 3.60. The summed E-state index contributed by atoms with van der Waals surface area (Å²) in [6.07, 6.45) is 2.44. The van der Waals surface area contributed by atoms with Crippen LogP contribution in [-0.4, -0.2) is 29.7 Å². The van der Waals surface area contributed by atoms with E-state index in [4.69, 9.17) is 10.3 Å². The van der Waals surface area contributed by atoms with Crippen molar-refractivity contribution in [2.45, 2.75) is 33.2 Å². The van der Waals surface area contributed by atoms with Gasteiger partial charge in [0.2, 0.25) is 0 Å². The summed E-state index contributed by atoms with van der Waals surface area (Å²) in [5.74, 6) is 1.68. The molecule has 1 aromatic rings. The van der Waals surface area contributed by atoms with Crippen LogP contribution in [0.3, 0.4) is 0 Å². The van der Waals surface area contributed by atoms with Crippen LogP contribution in [0.4, 0.5) is 0 Å². The quantitative estimate of drug-likeness (QED) is 0.843. The van der Waals surface area contributed by atoms with Gasteiger partial charge in [-0.25, -0.2) is 0 Å². The molecule has 0 saturated carbocycles. The number of likely N-dealkylation sites (tertiary alicyclic amines) is 1. The van der Waals surface area contributed by atoms with Crippen molar-refractivity contribution < 1.29 is 4.52 Å². The number of aryl methyl sites for hydroxylation is 2. The first-order valence-electron chi connectivity index (χ1n) is 6.05. The molecule has 1 aliphatic rings. The van der Waals surface area contributed by atoms with Crippen LogP contribution in [0.5, 0.6) is 0 Å². The monoisotopic (exact) mass is 223 g/mol. The molecule has 0 aromatic carbocycles. The van der Waals surface area contributed by atoms with Crippen molar-refractivity contribution in [3.8, 4) is 0 Å². The minimum absolute atomic E-state index is 0.723. The lowest BCUT2D eigenvalue weighted by atomic mass is 9.97. The zero-order chi connectivity index (χ0) is 11.5. The molecule has 1 fully saturated rings. The van der Waals surface area contributed by atoms with Crippen LogP contribution in [0.15, 0.2) is 4.52 Å². The van der Waals surface area contributed by atoms with Crippen molar-refractivity contribution in [2.24, 2.45) is 11.7 Å². The third kappa shape index (κ3) is 2.44. The van der Waals surface area contributed by atoms with E-state index in [2.05, 4.69) is 10.1 Å². The molecule has 0 spiro atoms. The first-order valence-corrected chi connectivity index (χ1v) is 6.05. The first kappa shape index (κ1) is 11.6. The van der Waals surface area contributed by atoms with Gasteiger partial charge in [-0.15, -0.1) is 0 Å². The second-order valence-corrected chi connectivity index (χ2v) is 4.76. The highest BCUT2D eigenvalue weighted by Crippen LogP contribution is 2.20. The Morgan fingerprint density at radius 1 is 1.38 bits per heavy atom. The lowest BCUT2D eigenvalue weighted by Crippen LogP contribution is -2.35. The Labute approximate surface area is 96.8 Å². The highest BCUT2D eigenvalue weighted by molar-refractivity contribution is 5.20. The van der Waals surface area contributed by atoms with Crippen LogP contribution in [0.1, 0.15) is 29.9 Å². The molecule has 0 unspecified atom stereocenters. The van der Waals surface area contributed by atoms with Crippen LogP contribution in [-0.2, 0) is 6.54 Å². The molecule has 16 heavy (non-hydrogen) atoms. The van der Waals surface area contributed by atoms with Gasteiger partial charge in [0.05, 0.1) is 5.69 Å². The maximum absolute atomic E-state index is 5.69. The summed E-state index contributed by atoms with van der Waals surface area (Å²) in [6.45, 7) is 8.09. The van der Waals surface area contributed by atoms with Crippen LogP contribution in [0, 0.1) is 19.8 Å². The van der Waals surface area contributed by atoms with Gasteiger partial charge in [-0.05, 0) is 52.2 Å². The predicted molar refractivity (Wildman–Crippen MR) is 63.0 cm³/mol. The van der Waals surface area contributed by atoms with Crippen molar-refractivity contribution in [1.29, 1.82) is 0 Å². The summed E-state index contributed by atoms with van der Waals surface area (Å²) >= 11 is 0. The van der Waals surface area contributed by atoms with E-state index in [9.17, 15) is 0 Å². The van der Waals surface area contributed by atoms with Gasteiger partial charge in [-0.2, -0.15) is 0 Å². The highest BCUT2D eigenvalue weighted by Gasteiger charge is 2.20. The number of piperidine rings is 1. The SMILES string of the molecule is Cc1noc(C)c1CN1CCC(CN)CC1. The molecule has 0 atom stereocenters. The Hall–Kier alpha value is -0.870. The van der Waals surface area contributed by atoms with Gasteiger partial charge in [0.1, 0.15) is 5.76 Å². The zero-order valence-corrected chi connectivity index (χ0v) is 10.2. The molecule has 0 radical (unpaired) electrons. The van der Waals surface area contributed by atoms with E-state index in [-0.39, 0.29) is 0 Å². The van der Waals surface area contributed by atoms with E-state index in [0.29, 0.717) is 0 Å². The molecule has 1 aromatic heterocycles. The zero-order valence-electron chi connectivity index (χ0n) is 10.2. The fraction of sp³-hybridized carbons (Fsp3) is 0.750. The minimum atomic E-state index is 0.723. The maximum atomic E-state index is 5.69. The van der Waals surface area contributed by atoms with Gasteiger partial charge >= 0.3 is 0 Å². The van der Waals surface area contributed by atoms with Crippen molar-refractivity contribution in [2.75, 3.05) is 19.6 Å². The van der Waals surface area contributed by atoms with E-state index in [1.807, 2.05) is 13.8 Å². The summed E-state index contributed by atoms with van der Waals surface area (Å²) in [4.78, 5) is 2.47. The van der Waals surface area contributed by atoms with Crippen molar-refractivity contribution >= 4 is 0 Å². The predicted octanol–water partition coefficient (Wildman–Crippen LogP) is 1.46. The Morgan fingerprint density at radius 2 is 2.06 bits per heavy atom. The molecule has 0 aliphatic carbocycles. The standard InChI is InChI=1S/C12H21N3O/c1-9-12(10(2)16-14-9)8-15-5-3-11(7-13)4-6-15/h11H,3-8,13H2,1-2H3. The molecule has 0 amide bonds. The second-order valence-electron chi connectivity index (χ2n) is 4.76. The molecule has 0 bridgehead atoms. The second kappa shape index (κ2) is 4.97. The Balaban J connectivity index is 1.92. The third-order valence-corrected chi connectivity index (χ3v) is 3.60. The van der Waals surface area contributed by atoms with Crippen LogP contribution in [0.2, 0.25) is 0 Å². The van der Waals surface area contributed by atoms with Crippen LogP contribution >= 0.6 is 0 Å². The van der Waals surface area contributed by atoms with Gasteiger partial charge in [-0.3, -0.25) is 4.90 Å². The van der Waals surface area contributed by atoms with Gasteiger partial charge in [0.25, 0.3) is 0 Å². The Kier molecular flexibility index (Phi) is 3.61. The largest absolute Gasteiger partial charge is 0.361 e. The van der Waals surface area contributed by atoms with Gasteiger partial charge in [0, 0.05) is 12.1 Å². The summed E-state index contributed by atoms with van der Waals surface area (Å²) < 4.78 is 5.18. The summed E-state index contributed by atoms with van der Waals surface area (Å²) in [6, 6.07) is 0. The molecule has 2 N–H and O–H groups in total. The summed E-state index contributed by atoms with van der Waals surface area (Å²) in [5, 5.41) is 3.99. The Morgan fingerprint density at radius 3 is 2.56 bits per heavy atom. The first-order chi connectivity index (χ1) is 7.70. The van der Waals surface area contributed by atoms with Crippen molar-refractivity contribution in [3.63, 3.8) is 0 Å². The van der Waals surface area contributed by atoms with E-state index in [1.54, 1.807) is 0 Å². The van der Waals surface area contributed by atoms with E-state index >= 15 is 0 Å². The fourth-order valence-corrected chi connectivity index (χ4v) is 2.33. The number of hydrogen-bond acceptors (Lipinski definition) is 4.